The van der Waals surface area contributed by atoms with E-state index in [1.165, 1.54) is 37.4 Å². The lowest BCUT2D eigenvalue weighted by Gasteiger charge is -2.31. The Balaban J connectivity index is 1.61. The highest BCUT2D eigenvalue weighted by Gasteiger charge is 2.57. The van der Waals surface area contributed by atoms with Gasteiger partial charge >= 0.3 is 12.1 Å². The van der Waals surface area contributed by atoms with E-state index in [0.29, 0.717) is 0 Å². The van der Waals surface area contributed by atoms with E-state index in [2.05, 4.69) is 10.3 Å². The summed E-state index contributed by atoms with van der Waals surface area (Å²) in [7, 11) is 1.31. The number of hydrogen-bond acceptors (Lipinski definition) is 9. The van der Waals surface area contributed by atoms with Gasteiger partial charge in [0, 0.05) is 23.1 Å². The van der Waals surface area contributed by atoms with E-state index in [1.54, 1.807) is 20.8 Å². The lowest BCUT2D eigenvalue weighted by atomic mass is 9.89. The van der Waals surface area contributed by atoms with E-state index in [4.69, 9.17) is 24.7 Å². The molecule has 1 aromatic heterocycles. The molecule has 14 heteroatoms. The van der Waals surface area contributed by atoms with Crippen LogP contribution in [0.5, 0.6) is 17.2 Å². The van der Waals surface area contributed by atoms with Gasteiger partial charge in [-0.15, -0.1) is 0 Å². The molecule has 0 aliphatic carbocycles. The monoisotopic (exact) mass is 635 g/mol. The van der Waals surface area contributed by atoms with Crippen LogP contribution < -0.4 is 25.3 Å². The maximum atomic E-state index is 14.6. The highest BCUT2D eigenvalue weighted by atomic mass is 19.4. The number of aromatic nitrogens is 1. The Bertz CT molecular complexity index is 1560. The summed E-state index contributed by atoms with van der Waals surface area (Å²) in [4.78, 5) is 28.6. The first kappa shape index (κ1) is 33.5. The highest BCUT2D eigenvalue weighted by Crippen LogP contribution is 2.46. The molecule has 1 aliphatic heterocycles. The molecule has 0 saturated heterocycles. The van der Waals surface area contributed by atoms with Crippen molar-refractivity contribution in [1.82, 2.24) is 10.3 Å². The van der Waals surface area contributed by atoms with Crippen molar-refractivity contribution in [3.63, 3.8) is 0 Å². The van der Waals surface area contributed by atoms with Crippen LogP contribution in [0.4, 0.5) is 17.6 Å². The van der Waals surface area contributed by atoms with E-state index >= 15 is 0 Å². The van der Waals surface area contributed by atoms with E-state index in [-0.39, 0.29) is 59.3 Å². The van der Waals surface area contributed by atoms with Gasteiger partial charge in [-0.05, 0) is 62.4 Å². The number of esters is 1. The molecule has 1 aliphatic rings. The first-order valence-electron chi connectivity index (χ1n) is 13.9. The fraction of sp³-hybridized carbons (Fsp3) is 0.387. The van der Waals surface area contributed by atoms with Gasteiger partial charge < -0.3 is 35.1 Å². The predicted octanol–water partition coefficient (Wildman–Crippen LogP) is 4.36. The van der Waals surface area contributed by atoms with Gasteiger partial charge in [0.25, 0.3) is 5.91 Å². The van der Waals surface area contributed by atoms with Crippen LogP contribution in [0.3, 0.4) is 0 Å². The van der Waals surface area contributed by atoms with Crippen LogP contribution in [0.15, 0.2) is 48.5 Å². The largest absolute Gasteiger partial charge is 0.493 e. The summed E-state index contributed by atoms with van der Waals surface area (Å²) < 4.78 is 79.0. The Hall–Kier alpha value is -4.43. The van der Waals surface area contributed by atoms with Crippen molar-refractivity contribution in [2.24, 2.45) is 5.73 Å². The topological polar surface area (TPSA) is 142 Å². The fourth-order valence-electron chi connectivity index (χ4n) is 4.54. The summed E-state index contributed by atoms with van der Waals surface area (Å²) in [6.07, 6.45) is -5.69. The number of hydrogen-bond donors (Lipinski definition) is 3. The van der Waals surface area contributed by atoms with E-state index < -0.39 is 53.4 Å². The number of aliphatic hydroxyl groups is 1. The number of nitrogens with zero attached hydrogens (tertiary/aromatic N) is 1. The molecule has 4 N–H and O–H groups in total. The summed E-state index contributed by atoms with van der Waals surface area (Å²) in [5.41, 5.74) is 0.778. The number of carbonyl (C=O) groups is 2. The molecular weight excluding hydrogens is 602 g/mol. The Morgan fingerprint density at radius 3 is 2.47 bits per heavy atom. The van der Waals surface area contributed by atoms with Gasteiger partial charge in [-0.2, -0.15) is 13.2 Å². The SMILES string of the molecule is CCC(=O)O[C@H](C)COc1ccc(C(=O)NCC(O)(c2cc3c(c(-c4ccc(F)cc4)n2)OC[C@@]3(C)N)C(F)(F)F)cc1OC. The van der Waals surface area contributed by atoms with Crippen molar-refractivity contribution in [3.8, 4) is 28.5 Å². The fourth-order valence-corrected chi connectivity index (χ4v) is 4.54. The number of halogens is 4. The molecule has 0 bridgehead atoms. The molecule has 2 heterocycles. The Morgan fingerprint density at radius 2 is 1.84 bits per heavy atom. The molecule has 4 rings (SSSR count). The predicted molar refractivity (Wildman–Crippen MR) is 153 cm³/mol. The second-order valence-electron chi connectivity index (χ2n) is 10.8. The van der Waals surface area contributed by atoms with Crippen LogP contribution in [0.2, 0.25) is 0 Å². The van der Waals surface area contributed by atoms with Gasteiger partial charge in [-0.3, -0.25) is 9.59 Å². The molecule has 3 aromatic rings. The Morgan fingerprint density at radius 1 is 1.16 bits per heavy atom. The smallest absolute Gasteiger partial charge is 0.424 e. The molecule has 0 saturated carbocycles. The molecule has 10 nitrogen and oxygen atoms in total. The van der Waals surface area contributed by atoms with Crippen molar-refractivity contribution in [1.29, 1.82) is 0 Å². The third-order valence-corrected chi connectivity index (χ3v) is 7.14. The molecule has 0 radical (unpaired) electrons. The van der Waals surface area contributed by atoms with Gasteiger partial charge in [0.05, 0.1) is 24.9 Å². The van der Waals surface area contributed by atoms with Crippen molar-refractivity contribution < 1.29 is 51.2 Å². The van der Waals surface area contributed by atoms with Crippen LogP contribution in [0.25, 0.3) is 11.3 Å². The molecule has 0 fully saturated rings. The number of rotatable bonds is 11. The van der Waals surface area contributed by atoms with Gasteiger partial charge in [-0.1, -0.05) is 6.92 Å². The van der Waals surface area contributed by atoms with Gasteiger partial charge in [-0.25, -0.2) is 9.37 Å². The van der Waals surface area contributed by atoms with Crippen LogP contribution in [-0.4, -0.2) is 61.1 Å². The van der Waals surface area contributed by atoms with E-state index in [1.807, 2.05) is 0 Å². The Labute approximate surface area is 256 Å². The minimum atomic E-state index is -5.31. The number of nitrogens with one attached hydrogen (secondary N) is 1. The zero-order chi connectivity index (χ0) is 33.2. The van der Waals surface area contributed by atoms with Crippen molar-refractivity contribution in [3.05, 3.63) is 71.2 Å². The quantitative estimate of drug-likeness (QED) is 0.207. The second-order valence-corrected chi connectivity index (χ2v) is 10.8. The van der Waals surface area contributed by atoms with Crippen LogP contribution in [0, 0.1) is 5.82 Å². The van der Waals surface area contributed by atoms with Crippen molar-refractivity contribution in [2.45, 2.75) is 50.6 Å². The lowest BCUT2D eigenvalue weighted by Crippen LogP contribution is -2.51. The number of nitrogens with two attached hydrogens (primary N) is 1. The van der Waals surface area contributed by atoms with Crippen LogP contribution in [0.1, 0.15) is 48.8 Å². The minimum Gasteiger partial charge on any atom is -0.493 e. The zero-order valence-corrected chi connectivity index (χ0v) is 25.0. The number of alkyl halides is 3. The number of ether oxygens (including phenoxy) is 4. The van der Waals surface area contributed by atoms with Crippen LogP contribution >= 0.6 is 0 Å². The average molecular weight is 636 g/mol. The van der Waals surface area contributed by atoms with E-state index in [9.17, 15) is 32.3 Å². The molecular formula is C31H33F4N3O7. The lowest BCUT2D eigenvalue weighted by molar-refractivity contribution is -0.265. The Kier molecular flexibility index (Phi) is 9.59. The zero-order valence-electron chi connectivity index (χ0n) is 25.0. The van der Waals surface area contributed by atoms with Gasteiger partial charge in [0.1, 0.15) is 30.8 Å². The number of methoxy groups -OCH3 is 1. The van der Waals surface area contributed by atoms with Crippen molar-refractivity contribution >= 4 is 11.9 Å². The standard InChI is InChI=1S/C31H33F4N3O7/c1-5-25(39)45-17(2)14-43-22-11-8-19(12-23(22)42-4)28(40)37-15-30(41,31(33,34)35)24-13-21-27(44-16-29(21,3)36)26(38-24)18-6-9-20(32)10-7-18/h6-13,17,41H,5,14-16,36H2,1-4H3,(H,37,40)/t17-,29-,30?/m1/s1. The molecule has 0 spiro atoms. The summed E-state index contributed by atoms with van der Waals surface area (Å²) in [5.74, 6) is -1.54. The third-order valence-electron chi connectivity index (χ3n) is 7.14. The highest BCUT2D eigenvalue weighted by molar-refractivity contribution is 5.95. The number of pyridine rings is 1. The van der Waals surface area contributed by atoms with Crippen LogP contribution in [-0.2, 0) is 20.7 Å². The van der Waals surface area contributed by atoms with Gasteiger partial charge in [0.15, 0.2) is 17.2 Å². The number of carbonyl (C=O) groups excluding carboxylic acids is 2. The summed E-state index contributed by atoms with van der Waals surface area (Å²) in [6, 6.07) is 9.75. The number of fused-ring (bicyclic) bond motifs is 1. The third kappa shape index (κ3) is 7.12. The second kappa shape index (κ2) is 12.9. The molecule has 1 unspecified atom stereocenters. The van der Waals surface area contributed by atoms with E-state index in [0.717, 1.165) is 18.2 Å². The maximum Gasteiger partial charge on any atom is 0.424 e. The number of amides is 1. The average Bonchev–Trinajstić information content (AvgIpc) is 3.31. The van der Waals surface area contributed by atoms with Gasteiger partial charge in [0.2, 0.25) is 5.60 Å². The minimum absolute atomic E-state index is 0.0210. The molecule has 2 aromatic carbocycles. The summed E-state index contributed by atoms with van der Waals surface area (Å²) >= 11 is 0. The molecule has 45 heavy (non-hydrogen) atoms. The molecule has 242 valence electrons. The first-order chi connectivity index (χ1) is 21.1. The number of benzene rings is 2. The normalized spacial score (nSPS) is 17.8. The maximum absolute atomic E-state index is 14.6. The summed E-state index contributed by atoms with van der Waals surface area (Å²) in [5, 5.41) is 13.3. The molecule has 1 amide bonds. The molecule has 3 atom stereocenters. The van der Waals surface area contributed by atoms with Crippen molar-refractivity contribution in [2.75, 3.05) is 26.9 Å². The first-order valence-corrected chi connectivity index (χ1v) is 13.9. The summed E-state index contributed by atoms with van der Waals surface area (Å²) in [6.45, 7) is 3.41.